The van der Waals surface area contributed by atoms with Gasteiger partial charge >= 0.3 is 6.16 Å². The Kier molecular flexibility index (Phi) is 2.04. The van der Waals surface area contributed by atoms with Gasteiger partial charge in [0.25, 0.3) is 0 Å². The molecule has 0 aromatic heterocycles. The SMILES string of the molecule is C=[O+]C(=O)OC. The molecule has 0 saturated heterocycles. The molecular weight excluding hydrogens is 84.0 g/mol. The molecule has 6 heavy (non-hydrogen) atoms. The lowest BCUT2D eigenvalue weighted by Crippen LogP contribution is -1.93. The summed E-state index contributed by atoms with van der Waals surface area (Å²) in [5, 5.41) is 0. The smallest absolute Gasteiger partial charge is 0.319 e. The zero-order valence-electron chi connectivity index (χ0n) is 3.43. The van der Waals surface area contributed by atoms with Gasteiger partial charge in [-0.25, -0.2) is 0 Å². The van der Waals surface area contributed by atoms with Gasteiger partial charge in [0, 0.05) is 4.79 Å². The third-order valence-electron chi connectivity index (χ3n) is 0.285. The summed E-state index contributed by atoms with van der Waals surface area (Å²) in [5.41, 5.74) is 0. The maximum Gasteiger partial charge on any atom is 0.782 e. The van der Waals surface area contributed by atoms with Crippen LogP contribution in [0.25, 0.3) is 0 Å². The first-order valence-corrected chi connectivity index (χ1v) is 1.31. The molecule has 3 heteroatoms. The van der Waals surface area contributed by atoms with E-state index in [-0.39, 0.29) is 0 Å². The Hall–Kier alpha value is -0.860. The molecule has 0 aliphatic heterocycles. The lowest BCUT2D eigenvalue weighted by Gasteiger charge is -1.67. The van der Waals surface area contributed by atoms with Crippen LogP contribution in [-0.4, -0.2) is 20.1 Å². The summed E-state index contributed by atoms with van der Waals surface area (Å²) in [4.78, 5) is 9.67. The zero-order chi connectivity index (χ0) is 4.99. The largest absolute Gasteiger partial charge is 0.782 e. The van der Waals surface area contributed by atoms with Crippen LogP contribution in [0.2, 0.25) is 0 Å². The van der Waals surface area contributed by atoms with Crippen LogP contribution in [0, 0.1) is 0 Å². The number of carbonyl (C=O) groups is 1. The van der Waals surface area contributed by atoms with Crippen LogP contribution < -0.4 is 0 Å². The van der Waals surface area contributed by atoms with Crippen LogP contribution in [0.15, 0.2) is 0 Å². The van der Waals surface area contributed by atoms with Crippen LogP contribution >= 0.6 is 0 Å². The van der Waals surface area contributed by atoms with E-state index in [0.717, 1.165) is 0 Å². The minimum Gasteiger partial charge on any atom is -0.319 e. The van der Waals surface area contributed by atoms with Crippen molar-refractivity contribution in [1.82, 2.24) is 0 Å². The number of ether oxygens (including phenoxy) is 1. The van der Waals surface area contributed by atoms with E-state index < -0.39 is 6.16 Å². The van der Waals surface area contributed by atoms with Gasteiger partial charge in [0.2, 0.25) is 0 Å². The monoisotopic (exact) mass is 89.0 g/mol. The average molecular weight is 89.1 g/mol. The predicted octanol–water partition coefficient (Wildman–Crippen LogP) is 0.117. The third kappa shape index (κ3) is 1.46. The summed E-state index contributed by atoms with van der Waals surface area (Å²) in [6.07, 6.45) is -0.769. The molecule has 0 rings (SSSR count). The zero-order valence-corrected chi connectivity index (χ0v) is 3.43. The summed E-state index contributed by atoms with van der Waals surface area (Å²) < 4.78 is 7.76. The number of methoxy groups -OCH3 is 1. The lowest BCUT2D eigenvalue weighted by molar-refractivity contribution is -0.356. The number of carbonyl (C=O) groups excluding carboxylic acids is 2. The van der Waals surface area contributed by atoms with E-state index in [1.165, 1.54) is 7.11 Å². The van der Waals surface area contributed by atoms with Crippen molar-refractivity contribution < 1.29 is 14.0 Å². The lowest BCUT2D eigenvalue weighted by atomic mass is 11.3. The Balaban J connectivity index is 3.23. The van der Waals surface area contributed by atoms with Crippen molar-refractivity contribution in [2.45, 2.75) is 0 Å². The Morgan fingerprint density at radius 1 is 2.00 bits per heavy atom. The minimum atomic E-state index is -0.769. The highest BCUT2D eigenvalue weighted by Gasteiger charge is 2.05. The van der Waals surface area contributed by atoms with Crippen LogP contribution in [-0.2, 0) is 9.16 Å². The molecule has 0 spiro atoms. The minimum absolute atomic E-state index is 0.769. The van der Waals surface area contributed by atoms with Gasteiger partial charge in [0.15, 0.2) is 0 Å². The van der Waals surface area contributed by atoms with Crippen LogP contribution in [0.4, 0.5) is 4.79 Å². The van der Waals surface area contributed by atoms with Gasteiger partial charge in [-0.15, -0.1) is 0 Å². The predicted molar refractivity (Wildman–Crippen MR) is 19.5 cm³/mol. The molecule has 0 aliphatic carbocycles. The average Bonchev–Trinajstić information content (AvgIpc) is 1.65. The quantitative estimate of drug-likeness (QED) is 0.312. The van der Waals surface area contributed by atoms with Gasteiger partial charge in [-0.1, -0.05) is 0 Å². The summed E-state index contributed by atoms with van der Waals surface area (Å²) in [6, 6.07) is 0. The molecule has 34 valence electrons. The van der Waals surface area contributed by atoms with E-state index in [4.69, 9.17) is 0 Å². The highest BCUT2D eigenvalue weighted by atomic mass is 16.7. The van der Waals surface area contributed by atoms with Crippen LogP contribution in [0.1, 0.15) is 0 Å². The molecule has 0 unspecified atom stereocenters. The van der Waals surface area contributed by atoms with Gasteiger partial charge in [0.05, 0.1) is 0 Å². The number of hydrogen-bond acceptors (Lipinski definition) is 2. The van der Waals surface area contributed by atoms with Crippen molar-refractivity contribution in [2.75, 3.05) is 7.11 Å². The van der Waals surface area contributed by atoms with Crippen LogP contribution in [0.5, 0.6) is 0 Å². The van der Waals surface area contributed by atoms with Gasteiger partial charge < -0.3 is 4.74 Å². The topological polar surface area (TPSA) is 37.6 Å². The van der Waals surface area contributed by atoms with Crippen molar-refractivity contribution >= 4 is 12.9 Å². The summed E-state index contributed by atoms with van der Waals surface area (Å²) in [6.45, 7) is 2.78. The Morgan fingerprint density at radius 3 is 2.50 bits per heavy atom. The molecule has 0 bridgehead atoms. The van der Waals surface area contributed by atoms with E-state index in [1.54, 1.807) is 0 Å². The summed E-state index contributed by atoms with van der Waals surface area (Å²) >= 11 is 0. The Morgan fingerprint density at radius 2 is 2.50 bits per heavy atom. The Bertz CT molecular complexity index is 66.4. The molecule has 0 amide bonds. The van der Waals surface area contributed by atoms with Gasteiger partial charge in [-0.05, 0) is 0 Å². The standard InChI is InChI=1S/C3H5O3/c1-5-3(4)6-2/h1H2,2H3/q+1. The first kappa shape index (κ1) is 5.14. The molecule has 0 saturated carbocycles. The molecular formula is C3H5O3+. The maximum atomic E-state index is 9.67. The summed E-state index contributed by atoms with van der Waals surface area (Å²) in [7, 11) is 1.22. The van der Waals surface area contributed by atoms with Crippen LogP contribution in [0.3, 0.4) is 0 Å². The van der Waals surface area contributed by atoms with Crippen molar-refractivity contribution in [3.05, 3.63) is 0 Å². The van der Waals surface area contributed by atoms with Crippen molar-refractivity contribution in [3.63, 3.8) is 0 Å². The summed E-state index contributed by atoms with van der Waals surface area (Å²) in [5.74, 6) is 0. The normalized spacial score (nSPS) is 6.83. The van der Waals surface area contributed by atoms with Crippen molar-refractivity contribution in [1.29, 1.82) is 0 Å². The fourth-order valence-electron chi connectivity index (χ4n) is 0.0589. The second-order valence-corrected chi connectivity index (χ2v) is 0.598. The molecule has 0 atom stereocenters. The van der Waals surface area contributed by atoms with Gasteiger partial charge in [0.1, 0.15) is 13.9 Å². The maximum absolute atomic E-state index is 9.67. The molecule has 0 N–H and O–H groups in total. The first-order chi connectivity index (χ1) is 2.81. The highest BCUT2D eigenvalue weighted by Crippen LogP contribution is 1.65. The van der Waals surface area contributed by atoms with E-state index in [9.17, 15) is 4.79 Å². The number of rotatable bonds is 0. The second kappa shape index (κ2) is 2.38. The molecule has 0 aromatic rings. The van der Waals surface area contributed by atoms with Gasteiger partial charge in [-0.2, -0.15) is 0 Å². The van der Waals surface area contributed by atoms with E-state index >= 15 is 0 Å². The Labute approximate surface area is 35.2 Å². The fraction of sp³-hybridized carbons (Fsp3) is 0.333. The fourth-order valence-corrected chi connectivity index (χ4v) is 0.0589. The third-order valence-corrected chi connectivity index (χ3v) is 0.285. The van der Waals surface area contributed by atoms with E-state index in [0.29, 0.717) is 0 Å². The van der Waals surface area contributed by atoms with Crippen molar-refractivity contribution in [2.24, 2.45) is 0 Å². The van der Waals surface area contributed by atoms with Gasteiger partial charge in [-0.3, -0.25) is 4.42 Å². The molecule has 0 radical (unpaired) electrons. The highest BCUT2D eigenvalue weighted by molar-refractivity contribution is 5.56. The molecule has 0 aromatic carbocycles. The second-order valence-electron chi connectivity index (χ2n) is 0.598. The molecule has 0 heterocycles. The molecule has 3 nitrogen and oxygen atoms in total. The van der Waals surface area contributed by atoms with E-state index in [2.05, 4.69) is 16.0 Å². The number of hydrogen-bond donors (Lipinski definition) is 0. The molecule has 0 fully saturated rings. The van der Waals surface area contributed by atoms with E-state index in [1.807, 2.05) is 0 Å². The first-order valence-electron chi connectivity index (χ1n) is 1.31. The van der Waals surface area contributed by atoms with Crippen molar-refractivity contribution in [3.8, 4) is 0 Å². The molecule has 0 aliphatic rings.